The number of halogens is 1. The van der Waals surface area contributed by atoms with E-state index >= 15 is 0 Å². The largest absolute Gasteiger partial charge is 0.399 e. The molecule has 1 aliphatic heterocycles. The number of nitrogens with zero attached hydrogens (tertiary/aromatic N) is 2. The first kappa shape index (κ1) is 23.4. The molecule has 5 aliphatic rings. The molecule has 2 aromatic carbocycles. The summed E-state index contributed by atoms with van der Waals surface area (Å²) in [6.07, 6.45) is 7.77. The quantitative estimate of drug-likeness (QED) is 0.422. The van der Waals surface area contributed by atoms with Gasteiger partial charge in [0.25, 0.3) is 0 Å². The van der Waals surface area contributed by atoms with Crippen molar-refractivity contribution in [1.29, 1.82) is 0 Å². The average Bonchev–Trinajstić information content (AvgIpc) is 3.44. The first-order chi connectivity index (χ1) is 17.7. The van der Waals surface area contributed by atoms with E-state index in [-0.39, 0.29) is 40.0 Å². The normalized spacial score (nSPS) is 32.3. The topological polar surface area (TPSA) is 110 Å². The van der Waals surface area contributed by atoms with Crippen molar-refractivity contribution in [2.45, 2.75) is 61.6 Å². The lowest BCUT2D eigenvalue weighted by Crippen LogP contribution is -2.61. The minimum absolute atomic E-state index is 0.135. The molecule has 4 saturated carbocycles. The molecular formula is C28H31FN4O3S. The summed E-state index contributed by atoms with van der Waals surface area (Å²) in [4.78, 5) is 4.51. The molecule has 2 heterocycles. The second-order valence-electron chi connectivity index (χ2n) is 11.7. The Bertz CT molecular complexity index is 1450. The van der Waals surface area contributed by atoms with Crippen LogP contribution >= 0.6 is 0 Å². The smallest absolute Gasteiger partial charge is 0.240 e. The Balaban J connectivity index is 1.14. The number of nitrogen functional groups attached to an aromatic ring is 1. The molecule has 4 bridgehead atoms. The molecule has 0 saturated heterocycles. The van der Waals surface area contributed by atoms with E-state index < -0.39 is 16.1 Å². The number of aromatic nitrogens is 2. The van der Waals surface area contributed by atoms with Crippen LogP contribution in [0.2, 0.25) is 0 Å². The molecule has 4 N–H and O–H groups in total. The Hall–Kier alpha value is -2.75. The number of fused-ring (bicyclic) bond motifs is 3. The molecule has 7 nitrogen and oxygen atoms in total. The van der Waals surface area contributed by atoms with Gasteiger partial charge in [-0.05, 0) is 92.0 Å². The van der Waals surface area contributed by atoms with E-state index in [0.717, 1.165) is 43.4 Å². The van der Waals surface area contributed by atoms with E-state index in [1.54, 1.807) is 42.9 Å². The van der Waals surface area contributed by atoms with Crippen LogP contribution in [-0.2, 0) is 10.0 Å². The van der Waals surface area contributed by atoms with Gasteiger partial charge in [0.1, 0.15) is 5.82 Å². The number of imidazole rings is 1. The van der Waals surface area contributed by atoms with Crippen LogP contribution in [0, 0.1) is 29.0 Å². The maximum atomic E-state index is 15.0. The van der Waals surface area contributed by atoms with Crippen molar-refractivity contribution < 1.29 is 17.9 Å². The molecule has 4 fully saturated rings. The van der Waals surface area contributed by atoms with Gasteiger partial charge in [0, 0.05) is 22.9 Å². The molecular weight excluding hydrogens is 491 g/mol. The number of benzene rings is 2. The van der Waals surface area contributed by atoms with E-state index in [0.29, 0.717) is 23.6 Å². The Kier molecular flexibility index (Phi) is 5.13. The molecule has 9 heteroatoms. The summed E-state index contributed by atoms with van der Waals surface area (Å²) in [6.45, 7) is 0. The molecule has 4 unspecified atom stereocenters. The molecule has 4 atom stereocenters. The van der Waals surface area contributed by atoms with Crippen LogP contribution in [0.25, 0.3) is 11.3 Å². The van der Waals surface area contributed by atoms with Gasteiger partial charge < -0.3 is 15.4 Å². The van der Waals surface area contributed by atoms with Crippen LogP contribution in [0.15, 0.2) is 59.9 Å². The van der Waals surface area contributed by atoms with Crippen LogP contribution in [0.3, 0.4) is 0 Å². The first-order valence-electron chi connectivity index (χ1n) is 13.1. The van der Waals surface area contributed by atoms with E-state index in [1.807, 2.05) is 10.6 Å². The highest BCUT2D eigenvalue weighted by atomic mass is 32.2. The molecule has 0 amide bonds. The Morgan fingerprint density at radius 2 is 1.86 bits per heavy atom. The number of aliphatic hydroxyl groups is 1. The predicted molar refractivity (Wildman–Crippen MR) is 137 cm³/mol. The van der Waals surface area contributed by atoms with Crippen molar-refractivity contribution in [1.82, 2.24) is 14.3 Å². The summed E-state index contributed by atoms with van der Waals surface area (Å²) in [5, 5.41) is 11.8. The van der Waals surface area contributed by atoms with Crippen molar-refractivity contribution in [2.24, 2.45) is 23.2 Å². The highest BCUT2D eigenvalue weighted by Gasteiger charge is 2.58. The lowest BCUT2D eigenvalue weighted by Gasteiger charge is -2.61. The fourth-order valence-corrected chi connectivity index (χ4v) is 9.65. The lowest BCUT2D eigenvalue weighted by molar-refractivity contribution is -0.134. The third-order valence-corrected chi connectivity index (χ3v) is 11.1. The number of nitrogens with one attached hydrogen (secondary N) is 1. The van der Waals surface area contributed by atoms with Crippen molar-refractivity contribution in [3.05, 3.63) is 66.4 Å². The SMILES string of the molecule is Nc1ccc(S(=O)(=O)NC2C3CC4CC2CC(C(O)CC2c5c(F)cccc5-c5cncn52)(C4)C3)cc1. The summed E-state index contributed by atoms with van der Waals surface area (Å²) < 4.78 is 46.3. The van der Waals surface area contributed by atoms with Crippen molar-refractivity contribution in [3.8, 4) is 11.3 Å². The Labute approximate surface area is 216 Å². The summed E-state index contributed by atoms with van der Waals surface area (Å²) in [6, 6.07) is 11.0. The molecule has 0 radical (unpaired) electrons. The monoisotopic (exact) mass is 522 g/mol. The number of anilines is 1. The minimum atomic E-state index is -3.67. The Morgan fingerprint density at radius 3 is 2.59 bits per heavy atom. The van der Waals surface area contributed by atoms with E-state index in [9.17, 15) is 17.9 Å². The van der Waals surface area contributed by atoms with Crippen molar-refractivity contribution in [3.63, 3.8) is 0 Å². The number of nitrogens with two attached hydrogens (primary N) is 1. The zero-order chi connectivity index (χ0) is 25.5. The lowest BCUT2D eigenvalue weighted by atomic mass is 9.46. The summed E-state index contributed by atoms with van der Waals surface area (Å²) >= 11 is 0. The van der Waals surface area contributed by atoms with Gasteiger partial charge >= 0.3 is 0 Å². The standard InChI is InChI=1S/C28H31FN4O3S/c29-22-3-1-2-21-24-14-31-15-33(24)23(26(21)22)10-25(34)28-11-16-8-17(12-28)27(18(9-16)13-28)32-37(35,36)20-6-4-19(30)5-7-20/h1-7,14-18,23,25,27,32,34H,8-13,30H2. The molecule has 0 spiro atoms. The number of aliphatic hydroxyl groups excluding tert-OH is 1. The summed E-state index contributed by atoms with van der Waals surface area (Å²) in [5.41, 5.74) is 8.36. The van der Waals surface area contributed by atoms with Crippen LogP contribution in [0.5, 0.6) is 0 Å². The maximum Gasteiger partial charge on any atom is 0.240 e. The maximum absolute atomic E-state index is 15.0. The van der Waals surface area contributed by atoms with Crippen LogP contribution in [-0.4, -0.2) is 35.2 Å². The van der Waals surface area contributed by atoms with Gasteiger partial charge in [0.2, 0.25) is 10.0 Å². The van der Waals surface area contributed by atoms with Crippen molar-refractivity contribution >= 4 is 15.7 Å². The molecule has 4 aliphatic carbocycles. The summed E-state index contributed by atoms with van der Waals surface area (Å²) in [5.74, 6) is 0.601. The van der Waals surface area contributed by atoms with E-state index in [2.05, 4.69) is 9.71 Å². The van der Waals surface area contributed by atoms with Gasteiger partial charge in [-0.3, -0.25) is 0 Å². The van der Waals surface area contributed by atoms with Gasteiger partial charge in [0.15, 0.2) is 0 Å². The third-order valence-electron chi connectivity index (χ3n) is 9.62. The van der Waals surface area contributed by atoms with Gasteiger partial charge in [-0.25, -0.2) is 22.5 Å². The number of hydrogen-bond acceptors (Lipinski definition) is 5. The average molecular weight is 523 g/mol. The zero-order valence-electron chi connectivity index (χ0n) is 20.4. The second kappa shape index (κ2) is 8.12. The highest BCUT2D eigenvalue weighted by Crippen LogP contribution is 2.62. The van der Waals surface area contributed by atoms with Crippen molar-refractivity contribution in [2.75, 3.05) is 5.73 Å². The summed E-state index contributed by atoms with van der Waals surface area (Å²) in [7, 11) is -3.67. The number of rotatable bonds is 6. The number of hydrogen-bond donors (Lipinski definition) is 3. The van der Waals surface area contributed by atoms with E-state index in [4.69, 9.17) is 5.73 Å². The molecule has 194 valence electrons. The third kappa shape index (κ3) is 3.58. The molecule has 1 aromatic heterocycles. The van der Waals surface area contributed by atoms with Gasteiger partial charge in [0.05, 0.1) is 35.3 Å². The van der Waals surface area contributed by atoms with E-state index in [1.165, 1.54) is 6.07 Å². The predicted octanol–water partition coefficient (Wildman–Crippen LogP) is 4.10. The van der Waals surface area contributed by atoms with Crippen LogP contribution in [0.4, 0.5) is 10.1 Å². The van der Waals surface area contributed by atoms with Gasteiger partial charge in [-0.15, -0.1) is 0 Å². The van der Waals surface area contributed by atoms with Gasteiger partial charge in [-0.1, -0.05) is 12.1 Å². The minimum Gasteiger partial charge on any atom is -0.399 e. The van der Waals surface area contributed by atoms with Crippen LogP contribution in [0.1, 0.15) is 50.1 Å². The first-order valence-corrected chi connectivity index (χ1v) is 14.6. The Morgan fingerprint density at radius 1 is 1.14 bits per heavy atom. The number of sulfonamides is 1. The second-order valence-corrected chi connectivity index (χ2v) is 13.4. The van der Waals surface area contributed by atoms with Gasteiger partial charge in [-0.2, -0.15) is 0 Å². The molecule has 37 heavy (non-hydrogen) atoms. The highest BCUT2D eigenvalue weighted by molar-refractivity contribution is 7.89. The fraction of sp³-hybridized carbons (Fsp3) is 0.464. The fourth-order valence-electron chi connectivity index (χ4n) is 8.27. The molecule has 8 rings (SSSR count). The molecule has 3 aromatic rings. The zero-order valence-corrected chi connectivity index (χ0v) is 21.2. The van der Waals surface area contributed by atoms with Crippen LogP contribution < -0.4 is 10.5 Å².